The zero-order valence-corrected chi connectivity index (χ0v) is 17.6. The second-order valence-electron chi connectivity index (χ2n) is 6.78. The van der Waals surface area contributed by atoms with Gasteiger partial charge >= 0.3 is 0 Å². The van der Waals surface area contributed by atoms with Gasteiger partial charge in [-0.05, 0) is 43.7 Å². The van der Waals surface area contributed by atoms with Gasteiger partial charge in [-0.1, -0.05) is 12.1 Å². The standard InChI is InChI=1S/C20H26N4O.2ClH/c1-15(2)23-10-12-24(13-11-23)20-9-6-18(14-21-20)17-4-7-19(8-5-17)22-16(3)25;;/h4-9,14-15H,10-13H2,1-3H3,(H,22,25);2*1H. The van der Waals surface area contributed by atoms with E-state index in [1.807, 2.05) is 30.5 Å². The third-order valence-electron chi connectivity index (χ3n) is 4.66. The van der Waals surface area contributed by atoms with Crippen molar-refractivity contribution in [3.05, 3.63) is 42.6 Å². The Balaban J connectivity index is 0.00000182. The highest BCUT2D eigenvalue weighted by molar-refractivity contribution is 5.89. The number of hydrogen-bond donors (Lipinski definition) is 1. The maximum Gasteiger partial charge on any atom is 0.221 e. The third-order valence-corrected chi connectivity index (χ3v) is 4.66. The van der Waals surface area contributed by atoms with Crippen LogP contribution in [0.5, 0.6) is 0 Å². The van der Waals surface area contributed by atoms with E-state index in [1.54, 1.807) is 0 Å². The Kier molecular flexibility index (Phi) is 9.03. The van der Waals surface area contributed by atoms with Crippen molar-refractivity contribution in [3.8, 4) is 11.1 Å². The molecule has 1 fully saturated rings. The number of carbonyl (C=O) groups is 1. The first-order valence-electron chi connectivity index (χ1n) is 8.86. The summed E-state index contributed by atoms with van der Waals surface area (Å²) in [5.74, 6) is 0.985. The number of rotatable bonds is 4. The Morgan fingerprint density at radius 3 is 2.04 bits per heavy atom. The second kappa shape index (κ2) is 10.5. The zero-order chi connectivity index (χ0) is 17.8. The normalized spacial score (nSPS) is 14.3. The summed E-state index contributed by atoms with van der Waals surface area (Å²) in [4.78, 5) is 20.6. The van der Waals surface area contributed by atoms with Gasteiger partial charge in [0.25, 0.3) is 0 Å². The van der Waals surface area contributed by atoms with Crippen LogP contribution >= 0.6 is 24.8 Å². The van der Waals surface area contributed by atoms with Crippen molar-refractivity contribution in [2.45, 2.75) is 26.8 Å². The molecule has 148 valence electrons. The first-order chi connectivity index (χ1) is 12.0. The molecule has 1 aliphatic rings. The van der Waals surface area contributed by atoms with Crippen LogP contribution in [-0.4, -0.2) is 48.0 Å². The van der Waals surface area contributed by atoms with Gasteiger partial charge in [0, 0.05) is 56.6 Å². The molecule has 3 rings (SSSR count). The molecule has 1 N–H and O–H groups in total. The highest BCUT2D eigenvalue weighted by Crippen LogP contribution is 2.23. The highest BCUT2D eigenvalue weighted by atomic mass is 35.5. The number of aromatic nitrogens is 1. The molecule has 0 spiro atoms. The van der Waals surface area contributed by atoms with E-state index in [0.717, 1.165) is 48.8 Å². The van der Waals surface area contributed by atoms with Gasteiger partial charge in [-0.25, -0.2) is 4.98 Å². The SMILES string of the molecule is CC(=O)Nc1ccc(-c2ccc(N3CCN(C(C)C)CC3)nc2)cc1.Cl.Cl. The molecule has 1 amide bonds. The first-order valence-corrected chi connectivity index (χ1v) is 8.86. The minimum Gasteiger partial charge on any atom is -0.354 e. The summed E-state index contributed by atoms with van der Waals surface area (Å²) in [5, 5.41) is 2.78. The van der Waals surface area contributed by atoms with E-state index < -0.39 is 0 Å². The summed E-state index contributed by atoms with van der Waals surface area (Å²) in [7, 11) is 0. The molecular formula is C20H28Cl2N4O. The molecule has 7 heteroatoms. The predicted molar refractivity (Wildman–Crippen MR) is 117 cm³/mol. The van der Waals surface area contributed by atoms with Crippen molar-refractivity contribution >= 4 is 42.2 Å². The predicted octanol–water partition coefficient (Wildman–Crippen LogP) is 4.08. The van der Waals surface area contributed by atoms with Crippen LogP contribution in [0.3, 0.4) is 0 Å². The lowest BCUT2D eigenvalue weighted by Gasteiger charge is -2.37. The summed E-state index contributed by atoms with van der Waals surface area (Å²) in [6.45, 7) is 10.2. The fourth-order valence-corrected chi connectivity index (χ4v) is 3.16. The molecular weight excluding hydrogens is 383 g/mol. The molecule has 5 nitrogen and oxygen atoms in total. The fraction of sp³-hybridized carbons (Fsp3) is 0.400. The topological polar surface area (TPSA) is 48.5 Å². The van der Waals surface area contributed by atoms with Crippen molar-refractivity contribution in [2.24, 2.45) is 0 Å². The number of nitrogens with one attached hydrogen (secondary N) is 1. The number of anilines is 2. The molecule has 0 atom stereocenters. The Morgan fingerprint density at radius 2 is 1.56 bits per heavy atom. The molecule has 1 aliphatic heterocycles. The minimum atomic E-state index is -0.0590. The van der Waals surface area contributed by atoms with Gasteiger partial charge in [-0.3, -0.25) is 9.69 Å². The summed E-state index contributed by atoms with van der Waals surface area (Å²) in [6.07, 6.45) is 1.93. The lowest BCUT2D eigenvalue weighted by molar-refractivity contribution is -0.114. The number of nitrogens with zero attached hydrogens (tertiary/aromatic N) is 3. The van der Waals surface area contributed by atoms with E-state index in [1.165, 1.54) is 6.92 Å². The number of amides is 1. The lowest BCUT2D eigenvalue weighted by atomic mass is 10.1. The van der Waals surface area contributed by atoms with Gasteiger partial charge in [-0.15, -0.1) is 24.8 Å². The molecule has 0 radical (unpaired) electrons. The Bertz CT molecular complexity index is 712. The molecule has 0 saturated carbocycles. The number of hydrogen-bond acceptors (Lipinski definition) is 4. The van der Waals surface area contributed by atoms with Gasteiger partial charge < -0.3 is 10.2 Å². The van der Waals surface area contributed by atoms with Gasteiger partial charge in [0.15, 0.2) is 0 Å². The molecule has 1 aromatic carbocycles. The van der Waals surface area contributed by atoms with E-state index in [2.05, 4.69) is 46.1 Å². The van der Waals surface area contributed by atoms with Gasteiger partial charge in [-0.2, -0.15) is 0 Å². The van der Waals surface area contributed by atoms with Crippen LogP contribution in [0.15, 0.2) is 42.6 Å². The average molecular weight is 411 g/mol. The quantitative estimate of drug-likeness (QED) is 0.824. The molecule has 2 aromatic rings. The number of piperazine rings is 1. The third kappa shape index (κ3) is 6.09. The lowest BCUT2D eigenvalue weighted by Crippen LogP contribution is -2.49. The van der Waals surface area contributed by atoms with Crippen molar-refractivity contribution in [1.29, 1.82) is 0 Å². The number of benzene rings is 1. The molecule has 0 bridgehead atoms. The van der Waals surface area contributed by atoms with Gasteiger partial charge in [0.1, 0.15) is 5.82 Å². The van der Waals surface area contributed by atoms with E-state index in [0.29, 0.717) is 6.04 Å². The highest BCUT2D eigenvalue weighted by Gasteiger charge is 2.19. The van der Waals surface area contributed by atoms with Crippen LogP contribution < -0.4 is 10.2 Å². The largest absolute Gasteiger partial charge is 0.354 e. The summed E-state index contributed by atoms with van der Waals surface area (Å²) in [5.41, 5.74) is 2.99. The van der Waals surface area contributed by atoms with E-state index in [-0.39, 0.29) is 30.7 Å². The maximum absolute atomic E-state index is 11.1. The number of carbonyl (C=O) groups excluding carboxylic acids is 1. The molecule has 1 saturated heterocycles. The van der Waals surface area contributed by atoms with Crippen LogP contribution in [0.1, 0.15) is 20.8 Å². The second-order valence-corrected chi connectivity index (χ2v) is 6.78. The molecule has 0 aliphatic carbocycles. The minimum absolute atomic E-state index is 0. The van der Waals surface area contributed by atoms with Crippen molar-refractivity contribution in [3.63, 3.8) is 0 Å². The molecule has 2 heterocycles. The zero-order valence-electron chi connectivity index (χ0n) is 16.0. The van der Waals surface area contributed by atoms with Crippen LogP contribution in [0, 0.1) is 0 Å². The summed E-state index contributed by atoms with van der Waals surface area (Å²) in [6, 6.07) is 12.7. The Labute approximate surface area is 174 Å². The summed E-state index contributed by atoms with van der Waals surface area (Å²) >= 11 is 0. The Hall–Kier alpha value is -1.82. The summed E-state index contributed by atoms with van der Waals surface area (Å²) < 4.78 is 0. The van der Waals surface area contributed by atoms with Crippen molar-refractivity contribution < 1.29 is 4.79 Å². The number of halogens is 2. The Morgan fingerprint density at radius 1 is 0.963 bits per heavy atom. The van der Waals surface area contributed by atoms with Crippen molar-refractivity contribution in [2.75, 3.05) is 36.4 Å². The first kappa shape index (κ1) is 23.2. The molecule has 1 aromatic heterocycles. The van der Waals surface area contributed by atoms with Gasteiger partial charge in [0.05, 0.1) is 0 Å². The monoisotopic (exact) mass is 410 g/mol. The smallest absolute Gasteiger partial charge is 0.221 e. The van der Waals surface area contributed by atoms with Crippen molar-refractivity contribution in [1.82, 2.24) is 9.88 Å². The molecule has 0 unspecified atom stereocenters. The fourth-order valence-electron chi connectivity index (χ4n) is 3.16. The van der Waals surface area contributed by atoms with Crippen LogP contribution in [0.25, 0.3) is 11.1 Å². The average Bonchev–Trinajstić information content (AvgIpc) is 2.62. The van der Waals surface area contributed by atoms with E-state index >= 15 is 0 Å². The number of pyridine rings is 1. The molecule has 27 heavy (non-hydrogen) atoms. The maximum atomic E-state index is 11.1. The van der Waals surface area contributed by atoms with Crippen LogP contribution in [-0.2, 0) is 4.79 Å². The van der Waals surface area contributed by atoms with E-state index in [4.69, 9.17) is 0 Å². The van der Waals surface area contributed by atoms with Crippen LogP contribution in [0.2, 0.25) is 0 Å². The van der Waals surface area contributed by atoms with Gasteiger partial charge in [0.2, 0.25) is 5.91 Å². The van der Waals surface area contributed by atoms with Crippen LogP contribution in [0.4, 0.5) is 11.5 Å². The van der Waals surface area contributed by atoms with E-state index in [9.17, 15) is 4.79 Å².